The highest BCUT2D eigenvalue weighted by Crippen LogP contribution is 1.99. The van der Waals surface area contributed by atoms with E-state index >= 15 is 0 Å². The molecule has 0 aromatic heterocycles. The van der Waals surface area contributed by atoms with Crippen molar-refractivity contribution in [1.29, 1.82) is 0 Å². The molecule has 1 rings (SSSR count). The van der Waals surface area contributed by atoms with Crippen LogP contribution in [0.5, 0.6) is 0 Å². The average Bonchev–Trinajstić information content (AvgIpc) is 1.93. The quantitative estimate of drug-likeness (QED) is 0.595. The van der Waals surface area contributed by atoms with Crippen molar-refractivity contribution in [1.82, 2.24) is 9.96 Å². The largest absolute Gasteiger partial charge is 0.368 e. The Kier molecular flexibility index (Phi) is 5.20. The van der Waals surface area contributed by atoms with E-state index in [2.05, 4.69) is 11.9 Å². The molecule has 12 heavy (non-hydrogen) atoms. The van der Waals surface area contributed by atoms with Crippen molar-refractivity contribution in [3.05, 3.63) is 0 Å². The first-order valence-electron chi connectivity index (χ1n) is 3.80. The first-order valence-corrected chi connectivity index (χ1v) is 3.80. The third-order valence-corrected chi connectivity index (χ3v) is 1.72. The topological polar surface area (TPSA) is 32.8 Å². The van der Waals surface area contributed by atoms with Crippen molar-refractivity contribution in [3.63, 3.8) is 0 Å². The molecule has 0 radical (unpaired) electrons. The lowest BCUT2D eigenvalue weighted by molar-refractivity contribution is -0.194. The molecule has 1 aliphatic rings. The molecule has 0 atom stereocenters. The number of hydrogen-bond acceptors (Lipinski definition) is 4. The van der Waals surface area contributed by atoms with Gasteiger partial charge in [0, 0.05) is 33.1 Å². The van der Waals surface area contributed by atoms with Crippen LogP contribution in [0.3, 0.4) is 0 Å². The molecule has 1 aliphatic heterocycles. The molecule has 1 heterocycles. The van der Waals surface area contributed by atoms with Gasteiger partial charge in [0.25, 0.3) is 0 Å². The van der Waals surface area contributed by atoms with Crippen LogP contribution in [0.4, 0.5) is 0 Å². The van der Waals surface area contributed by atoms with E-state index < -0.39 is 0 Å². The van der Waals surface area contributed by atoms with E-state index in [0.717, 1.165) is 26.2 Å². The van der Waals surface area contributed by atoms with Crippen molar-refractivity contribution in [2.45, 2.75) is 6.92 Å². The Labute approximate surface area is 78.8 Å². The van der Waals surface area contributed by atoms with Gasteiger partial charge < -0.3 is 9.74 Å². The summed E-state index contributed by atoms with van der Waals surface area (Å²) in [6.45, 7) is 4.99. The maximum absolute atomic E-state index is 10.5. The Hall–Kier alpha value is -0.320. The Morgan fingerprint density at radius 1 is 1.25 bits per heavy atom. The summed E-state index contributed by atoms with van der Waals surface area (Å²) in [4.78, 5) is 17.6. The van der Waals surface area contributed by atoms with Gasteiger partial charge in [0.1, 0.15) is 0 Å². The van der Waals surface area contributed by atoms with Crippen molar-refractivity contribution in [2.24, 2.45) is 0 Å². The highest BCUT2D eigenvalue weighted by Gasteiger charge is 2.15. The fraction of sp³-hybridized carbons (Fsp3) is 0.857. The molecule has 1 saturated heterocycles. The van der Waals surface area contributed by atoms with Gasteiger partial charge in [-0.2, -0.15) is 0 Å². The Morgan fingerprint density at radius 2 is 1.75 bits per heavy atom. The minimum absolute atomic E-state index is 0. The third-order valence-electron chi connectivity index (χ3n) is 1.72. The summed E-state index contributed by atoms with van der Waals surface area (Å²) in [5, 5.41) is 1.71. The summed E-state index contributed by atoms with van der Waals surface area (Å²) in [5.74, 6) is -0.227. The number of piperazine rings is 1. The number of hydrogen-bond donors (Lipinski definition) is 0. The van der Waals surface area contributed by atoms with E-state index in [4.69, 9.17) is 4.84 Å². The minimum Gasteiger partial charge on any atom is -0.368 e. The highest BCUT2D eigenvalue weighted by molar-refractivity contribution is 5.85. The van der Waals surface area contributed by atoms with Gasteiger partial charge in [-0.15, -0.1) is 17.5 Å². The molecule has 0 aromatic carbocycles. The molecule has 0 saturated carbocycles. The van der Waals surface area contributed by atoms with Crippen LogP contribution in [0.2, 0.25) is 0 Å². The van der Waals surface area contributed by atoms with E-state index in [0.29, 0.717) is 0 Å². The molecule has 0 amide bonds. The molecule has 0 bridgehead atoms. The second-order valence-corrected chi connectivity index (χ2v) is 2.82. The molecule has 1 fully saturated rings. The van der Waals surface area contributed by atoms with Gasteiger partial charge >= 0.3 is 5.97 Å². The second-order valence-electron chi connectivity index (χ2n) is 2.82. The molecule has 5 heteroatoms. The number of hydroxylamine groups is 2. The maximum atomic E-state index is 10.5. The lowest BCUT2D eigenvalue weighted by Crippen LogP contribution is -2.44. The van der Waals surface area contributed by atoms with Gasteiger partial charge in [-0.25, -0.2) is 0 Å². The van der Waals surface area contributed by atoms with Gasteiger partial charge in [0.2, 0.25) is 0 Å². The van der Waals surface area contributed by atoms with Crippen LogP contribution in [-0.4, -0.2) is 49.2 Å². The van der Waals surface area contributed by atoms with Gasteiger partial charge in [0.15, 0.2) is 0 Å². The van der Waals surface area contributed by atoms with Gasteiger partial charge in [-0.05, 0) is 7.05 Å². The van der Waals surface area contributed by atoms with E-state index in [1.165, 1.54) is 6.92 Å². The fourth-order valence-electron chi connectivity index (χ4n) is 1.06. The molecule has 0 unspecified atom stereocenters. The van der Waals surface area contributed by atoms with Crippen LogP contribution >= 0.6 is 12.4 Å². The number of nitrogens with zero attached hydrogens (tertiary/aromatic N) is 2. The Balaban J connectivity index is 0.00000121. The molecule has 0 spiro atoms. The van der Waals surface area contributed by atoms with Crippen LogP contribution in [0.25, 0.3) is 0 Å². The van der Waals surface area contributed by atoms with Gasteiger partial charge in [0.05, 0.1) is 0 Å². The standard InChI is InChI=1S/C7H14N2O2.ClH/c1-7(10)11-9-5-3-8(2)4-6-9;/h3-6H2,1-2H3;1H. The van der Waals surface area contributed by atoms with Crippen LogP contribution in [0.1, 0.15) is 6.92 Å². The number of carbonyl (C=O) groups excluding carboxylic acids is 1. The first kappa shape index (κ1) is 11.7. The number of carbonyl (C=O) groups is 1. The van der Waals surface area contributed by atoms with Crippen molar-refractivity contribution < 1.29 is 9.63 Å². The zero-order valence-corrected chi connectivity index (χ0v) is 8.26. The van der Waals surface area contributed by atoms with E-state index in [-0.39, 0.29) is 18.4 Å². The van der Waals surface area contributed by atoms with Crippen LogP contribution in [0.15, 0.2) is 0 Å². The maximum Gasteiger partial charge on any atom is 0.322 e. The SMILES string of the molecule is CC(=O)ON1CCN(C)CC1.Cl. The lowest BCUT2D eigenvalue weighted by atomic mass is 10.4. The Morgan fingerprint density at radius 3 is 2.17 bits per heavy atom. The number of halogens is 1. The van der Waals surface area contributed by atoms with Gasteiger partial charge in [-0.1, -0.05) is 0 Å². The summed E-state index contributed by atoms with van der Waals surface area (Å²) >= 11 is 0. The zero-order valence-electron chi connectivity index (χ0n) is 7.45. The predicted octanol–water partition coefficient (Wildman–Crippen LogP) is 0.134. The summed E-state index contributed by atoms with van der Waals surface area (Å²) in [7, 11) is 2.06. The highest BCUT2D eigenvalue weighted by atomic mass is 35.5. The van der Waals surface area contributed by atoms with Crippen molar-refractivity contribution in [2.75, 3.05) is 33.2 Å². The summed E-state index contributed by atoms with van der Waals surface area (Å²) in [6, 6.07) is 0. The smallest absolute Gasteiger partial charge is 0.322 e. The van der Waals surface area contributed by atoms with Crippen molar-refractivity contribution >= 4 is 18.4 Å². The molecule has 0 aromatic rings. The summed E-state index contributed by atoms with van der Waals surface area (Å²) in [6.07, 6.45) is 0. The molecular weight excluding hydrogens is 180 g/mol. The normalized spacial score (nSPS) is 19.8. The monoisotopic (exact) mass is 194 g/mol. The van der Waals surface area contributed by atoms with E-state index in [1.807, 2.05) is 0 Å². The summed E-state index contributed by atoms with van der Waals surface area (Å²) < 4.78 is 0. The van der Waals surface area contributed by atoms with Crippen LogP contribution < -0.4 is 0 Å². The summed E-state index contributed by atoms with van der Waals surface area (Å²) in [5.41, 5.74) is 0. The second kappa shape index (κ2) is 5.35. The van der Waals surface area contributed by atoms with Crippen LogP contribution in [-0.2, 0) is 9.63 Å². The molecular formula is C7H15ClN2O2. The van der Waals surface area contributed by atoms with E-state index in [9.17, 15) is 4.79 Å². The van der Waals surface area contributed by atoms with Gasteiger partial charge in [-0.3, -0.25) is 4.79 Å². The van der Waals surface area contributed by atoms with Crippen LogP contribution in [0, 0.1) is 0 Å². The van der Waals surface area contributed by atoms with Crippen molar-refractivity contribution in [3.8, 4) is 0 Å². The molecule has 0 N–H and O–H groups in total. The lowest BCUT2D eigenvalue weighted by Gasteiger charge is -2.30. The number of rotatable bonds is 1. The molecule has 0 aliphatic carbocycles. The molecule has 4 nitrogen and oxygen atoms in total. The van der Waals surface area contributed by atoms with E-state index in [1.54, 1.807) is 5.06 Å². The minimum atomic E-state index is -0.227. The fourth-order valence-corrected chi connectivity index (χ4v) is 1.06. The molecule has 72 valence electrons. The average molecular weight is 195 g/mol. The Bertz CT molecular complexity index is 146. The predicted molar refractivity (Wildman–Crippen MR) is 48.1 cm³/mol. The third kappa shape index (κ3) is 3.90. The first-order chi connectivity index (χ1) is 5.18. The zero-order chi connectivity index (χ0) is 8.27. The number of likely N-dealkylation sites (N-methyl/N-ethyl adjacent to an activating group) is 1.